The summed E-state index contributed by atoms with van der Waals surface area (Å²) in [7, 11) is 0. The van der Waals surface area contributed by atoms with Crippen LogP contribution >= 0.6 is 0 Å². The molecule has 0 saturated carbocycles. The van der Waals surface area contributed by atoms with Crippen LogP contribution in [-0.2, 0) is 6.42 Å². The molecule has 1 aliphatic rings. The highest BCUT2D eigenvalue weighted by Crippen LogP contribution is 2.23. The molecule has 1 saturated heterocycles. The lowest BCUT2D eigenvalue weighted by Crippen LogP contribution is -2.39. The second-order valence-corrected chi connectivity index (χ2v) is 7.26. The Balaban J connectivity index is 1.33. The second kappa shape index (κ2) is 10.1. The van der Waals surface area contributed by atoms with Crippen molar-refractivity contribution in [3.05, 3.63) is 66.0 Å². The molecule has 2 amide bonds. The Bertz CT molecular complexity index is 723. The van der Waals surface area contributed by atoms with Crippen LogP contribution in [0.25, 0.3) is 0 Å². The molecule has 2 atom stereocenters. The summed E-state index contributed by atoms with van der Waals surface area (Å²) in [5, 5.41) is 9.09. The predicted octanol–water partition coefficient (Wildman–Crippen LogP) is 4.34. The molecular formula is C22H28FN3O. The first-order chi connectivity index (χ1) is 13.2. The van der Waals surface area contributed by atoms with E-state index in [1.54, 1.807) is 12.1 Å². The summed E-state index contributed by atoms with van der Waals surface area (Å²) in [4.78, 5) is 11.9. The third kappa shape index (κ3) is 6.68. The van der Waals surface area contributed by atoms with Crippen molar-refractivity contribution in [3.63, 3.8) is 0 Å². The van der Waals surface area contributed by atoms with Crippen LogP contribution in [0.1, 0.15) is 31.2 Å². The van der Waals surface area contributed by atoms with Gasteiger partial charge in [-0.1, -0.05) is 36.4 Å². The van der Waals surface area contributed by atoms with Gasteiger partial charge in [0.05, 0.1) is 0 Å². The number of benzene rings is 2. The smallest absolute Gasteiger partial charge is 0.319 e. The average Bonchev–Trinajstić information content (AvgIpc) is 2.66. The molecule has 0 spiro atoms. The molecule has 0 radical (unpaired) electrons. The zero-order valence-corrected chi connectivity index (χ0v) is 15.6. The van der Waals surface area contributed by atoms with Gasteiger partial charge in [0.25, 0.3) is 0 Å². The van der Waals surface area contributed by atoms with E-state index in [1.165, 1.54) is 30.5 Å². The Kier molecular flexibility index (Phi) is 7.22. The Hall–Kier alpha value is -2.40. The minimum Gasteiger partial charge on any atom is -0.338 e. The molecule has 0 unspecified atom stereocenters. The van der Waals surface area contributed by atoms with Crippen molar-refractivity contribution >= 4 is 11.7 Å². The van der Waals surface area contributed by atoms with Crippen molar-refractivity contribution in [2.45, 2.75) is 38.1 Å². The van der Waals surface area contributed by atoms with Gasteiger partial charge in [-0.25, -0.2) is 9.18 Å². The van der Waals surface area contributed by atoms with Crippen molar-refractivity contribution < 1.29 is 9.18 Å². The first-order valence-corrected chi connectivity index (χ1v) is 9.77. The lowest BCUT2D eigenvalue weighted by atomic mass is 9.86. The van der Waals surface area contributed by atoms with Gasteiger partial charge in [0.15, 0.2) is 0 Å². The SMILES string of the molecule is O=C(NCCC[C@@H]1C[C@@H](Cc2ccccc2)CCN1)Nc1cccc(F)c1. The summed E-state index contributed by atoms with van der Waals surface area (Å²) in [5.41, 5.74) is 1.88. The van der Waals surface area contributed by atoms with Gasteiger partial charge in [0.2, 0.25) is 0 Å². The second-order valence-electron chi connectivity index (χ2n) is 7.26. The van der Waals surface area contributed by atoms with E-state index < -0.39 is 0 Å². The molecule has 27 heavy (non-hydrogen) atoms. The summed E-state index contributed by atoms with van der Waals surface area (Å²) in [6.07, 6.45) is 5.52. The molecule has 3 N–H and O–H groups in total. The maximum Gasteiger partial charge on any atom is 0.319 e. The van der Waals surface area contributed by atoms with Gasteiger partial charge in [0, 0.05) is 18.3 Å². The third-order valence-electron chi connectivity index (χ3n) is 5.07. The largest absolute Gasteiger partial charge is 0.338 e. The molecule has 2 aromatic rings. The highest BCUT2D eigenvalue weighted by atomic mass is 19.1. The zero-order valence-electron chi connectivity index (χ0n) is 15.6. The number of piperidine rings is 1. The van der Waals surface area contributed by atoms with Gasteiger partial charge < -0.3 is 16.0 Å². The van der Waals surface area contributed by atoms with Crippen molar-refractivity contribution in [2.75, 3.05) is 18.4 Å². The fourth-order valence-electron chi connectivity index (χ4n) is 3.74. The van der Waals surface area contributed by atoms with E-state index in [2.05, 4.69) is 46.3 Å². The fourth-order valence-corrected chi connectivity index (χ4v) is 3.74. The van der Waals surface area contributed by atoms with Crippen LogP contribution in [0.3, 0.4) is 0 Å². The van der Waals surface area contributed by atoms with Crippen molar-refractivity contribution in [1.82, 2.24) is 10.6 Å². The number of urea groups is 1. The van der Waals surface area contributed by atoms with Crippen LogP contribution in [0, 0.1) is 11.7 Å². The number of nitrogens with one attached hydrogen (secondary N) is 3. The quantitative estimate of drug-likeness (QED) is 0.636. The zero-order chi connectivity index (χ0) is 18.9. The minimum absolute atomic E-state index is 0.292. The molecule has 0 bridgehead atoms. The molecule has 144 valence electrons. The summed E-state index contributed by atoms with van der Waals surface area (Å²) in [5.74, 6) is 0.365. The van der Waals surface area contributed by atoms with E-state index in [-0.39, 0.29) is 11.8 Å². The van der Waals surface area contributed by atoms with Gasteiger partial charge in [0.1, 0.15) is 5.82 Å². The Morgan fingerprint density at radius 3 is 2.81 bits per heavy atom. The Morgan fingerprint density at radius 1 is 1.15 bits per heavy atom. The number of hydrogen-bond acceptors (Lipinski definition) is 2. The van der Waals surface area contributed by atoms with Crippen molar-refractivity contribution in [2.24, 2.45) is 5.92 Å². The van der Waals surface area contributed by atoms with E-state index >= 15 is 0 Å². The third-order valence-corrected chi connectivity index (χ3v) is 5.07. The number of amides is 2. The normalized spacial score (nSPS) is 19.4. The Labute approximate surface area is 160 Å². The molecule has 5 heteroatoms. The highest BCUT2D eigenvalue weighted by molar-refractivity contribution is 5.89. The fraction of sp³-hybridized carbons (Fsp3) is 0.409. The molecule has 1 fully saturated rings. The molecule has 0 aliphatic carbocycles. The molecule has 0 aromatic heterocycles. The lowest BCUT2D eigenvalue weighted by molar-refractivity contribution is 0.250. The molecule has 1 aliphatic heterocycles. The van der Waals surface area contributed by atoms with E-state index in [4.69, 9.17) is 0 Å². The van der Waals surface area contributed by atoms with E-state index in [1.807, 2.05) is 0 Å². The topological polar surface area (TPSA) is 53.2 Å². The molecular weight excluding hydrogens is 341 g/mol. The predicted molar refractivity (Wildman–Crippen MR) is 107 cm³/mol. The average molecular weight is 369 g/mol. The number of carbonyl (C=O) groups excluding carboxylic acids is 1. The number of rotatable bonds is 7. The first kappa shape index (κ1) is 19.4. The van der Waals surface area contributed by atoms with Gasteiger partial charge in [-0.15, -0.1) is 0 Å². The van der Waals surface area contributed by atoms with E-state index in [9.17, 15) is 9.18 Å². The maximum atomic E-state index is 13.1. The van der Waals surface area contributed by atoms with Crippen LogP contribution < -0.4 is 16.0 Å². The van der Waals surface area contributed by atoms with Gasteiger partial charge in [-0.2, -0.15) is 0 Å². The maximum absolute atomic E-state index is 13.1. The molecule has 2 aromatic carbocycles. The summed E-state index contributed by atoms with van der Waals surface area (Å²) < 4.78 is 13.1. The molecule has 4 nitrogen and oxygen atoms in total. The van der Waals surface area contributed by atoms with Gasteiger partial charge in [-0.05, 0) is 68.3 Å². The minimum atomic E-state index is -0.360. The Morgan fingerprint density at radius 2 is 2.00 bits per heavy atom. The van der Waals surface area contributed by atoms with E-state index in [0.29, 0.717) is 18.3 Å². The van der Waals surface area contributed by atoms with E-state index in [0.717, 1.165) is 31.7 Å². The summed E-state index contributed by atoms with van der Waals surface area (Å²) in [6.45, 7) is 1.68. The number of halogens is 1. The van der Waals surface area contributed by atoms with Crippen LogP contribution in [-0.4, -0.2) is 25.2 Å². The number of hydrogen-bond donors (Lipinski definition) is 3. The van der Waals surface area contributed by atoms with Crippen molar-refractivity contribution in [3.8, 4) is 0 Å². The molecule has 1 heterocycles. The monoisotopic (exact) mass is 369 g/mol. The molecule has 3 rings (SSSR count). The van der Waals surface area contributed by atoms with Crippen LogP contribution in [0.5, 0.6) is 0 Å². The number of carbonyl (C=O) groups is 1. The number of anilines is 1. The van der Waals surface area contributed by atoms with Crippen molar-refractivity contribution in [1.29, 1.82) is 0 Å². The van der Waals surface area contributed by atoms with Crippen LogP contribution in [0.2, 0.25) is 0 Å². The summed E-state index contributed by atoms with van der Waals surface area (Å²) >= 11 is 0. The van der Waals surface area contributed by atoms with Gasteiger partial charge >= 0.3 is 6.03 Å². The van der Waals surface area contributed by atoms with Crippen LogP contribution in [0.4, 0.5) is 14.9 Å². The lowest BCUT2D eigenvalue weighted by Gasteiger charge is -2.30. The van der Waals surface area contributed by atoms with Crippen LogP contribution in [0.15, 0.2) is 54.6 Å². The van der Waals surface area contributed by atoms with Gasteiger partial charge in [-0.3, -0.25) is 0 Å². The summed E-state index contributed by atoms with van der Waals surface area (Å²) in [6, 6.07) is 16.8. The first-order valence-electron chi connectivity index (χ1n) is 9.77. The highest BCUT2D eigenvalue weighted by Gasteiger charge is 2.21. The standard InChI is InChI=1S/C22H28FN3O/c23-19-8-4-9-21(16-19)26-22(27)25-12-5-10-20-15-18(11-13-24-20)14-17-6-2-1-3-7-17/h1-4,6-9,16,18,20,24H,5,10-15H2,(H2,25,26,27)/t18-,20-/m1/s1.